The SMILES string of the molecule is CCC(C)=CC=C(C=C(C)c1ccnc(Nc2ccc3[nH]c(C(=O)N4CCN(C)CC4)cc3c2)n1)OC1CCOCC1. The number of hydrogen-bond acceptors (Lipinski definition) is 7. The highest BCUT2D eigenvalue weighted by Crippen LogP contribution is 2.24. The van der Waals surface area contributed by atoms with Crippen molar-refractivity contribution >= 4 is 34.0 Å². The Morgan fingerprint density at radius 3 is 2.67 bits per heavy atom. The van der Waals surface area contributed by atoms with Crippen molar-refractivity contribution in [3.05, 3.63) is 77.5 Å². The monoisotopic (exact) mass is 570 g/mol. The first kappa shape index (κ1) is 29.5. The molecule has 9 nitrogen and oxygen atoms in total. The van der Waals surface area contributed by atoms with Crippen LogP contribution in [0.15, 0.2) is 66.1 Å². The molecule has 0 saturated carbocycles. The Morgan fingerprint density at radius 1 is 1.12 bits per heavy atom. The van der Waals surface area contributed by atoms with Gasteiger partial charge >= 0.3 is 0 Å². The van der Waals surface area contributed by atoms with Gasteiger partial charge in [0.15, 0.2) is 0 Å². The molecule has 1 amide bonds. The Hall–Kier alpha value is -3.95. The van der Waals surface area contributed by atoms with Crippen molar-refractivity contribution in [2.45, 2.75) is 46.1 Å². The van der Waals surface area contributed by atoms with E-state index in [0.717, 1.165) is 92.3 Å². The molecular formula is C33H42N6O3. The van der Waals surface area contributed by atoms with Gasteiger partial charge in [-0.1, -0.05) is 18.6 Å². The minimum atomic E-state index is 0.0432. The van der Waals surface area contributed by atoms with Gasteiger partial charge in [-0.3, -0.25) is 4.79 Å². The van der Waals surface area contributed by atoms with Crippen LogP contribution in [-0.2, 0) is 9.47 Å². The van der Waals surface area contributed by atoms with E-state index in [1.54, 1.807) is 6.20 Å². The number of rotatable bonds is 9. The molecule has 9 heteroatoms. The zero-order chi connectivity index (χ0) is 29.5. The molecule has 2 aliphatic rings. The van der Waals surface area contributed by atoms with E-state index in [1.165, 1.54) is 5.57 Å². The number of nitrogens with zero attached hydrogens (tertiary/aromatic N) is 4. The molecule has 0 bridgehead atoms. The standard InChI is InChI=1S/C33H42N6O3/c1-5-23(2)6-8-28(42-27-11-18-41-19-12-27)20-24(3)29-10-13-34-33(37-29)35-26-7-9-30-25(21-26)22-31(36-30)32(40)39-16-14-38(4)15-17-39/h6-10,13,20-22,27,36H,5,11-12,14-19H2,1-4H3,(H,34,35,37). The predicted molar refractivity (Wildman–Crippen MR) is 168 cm³/mol. The molecule has 2 aliphatic heterocycles. The fourth-order valence-corrected chi connectivity index (χ4v) is 5.01. The van der Waals surface area contributed by atoms with Crippen LogP contribution in [-0.4, -0.2) is 83.2 Å². The number of amides is 1. The first-order valence-corrected chi connectivity index (χ1v) is 14.9. The van der Waals surface area contributed by atoms with Crippen LogP contribution in [0.2, 0.25) is 0 Å². The molecule has 1 aromatic carbocycles. The highest BCUT2D eigenvalue weighted by atomic mass is 16.5. The van der Waals surface area contributed by atoms with Crippen molar-refractivity contribution in [2.75, 3.05) is 51.8 Å². The normalized spacial score (nSPS) is 18.0. The maximum absolute atomic E-state index is 13.0. The number of fused-ring (bicyclic) bond motifs is 1. The number of anilines is 2. The van der Waals surface area contributed by atoms with Crippen molar-refractivity contribution in [2.24, 2.45) is 0 Å². The molecule has 222 valence electrons. The summed E-state index contributed by atoms with van der Waals surface area (Å²) in [4.78, 5) is 29.7. The Labute approximate surface area is 248 Å². The Morgan fingerprint density at radius 2 is 1.90 bits per heavy atom. The number of nitrogens with one attached hydrogen (secondary N) is 2. The van der Waals surface area contributed by atoms with Gasteiger partial charge in [0.25, 0.3) is 5.91 Å². The predicted octanol–water partition coefficient (Wildman–Crippen LogP) is 5.93. The van der Waals surface area contributed by atoms with Gasteiger partial charge in [0.2, 0.25) is 5.95 Å². The van der Waals surface area contributed by atoms with Crippen LogP contribution in [0.25, 0.3) is 16.5 Å². The van der Waals surface area contributed by atoms with E-state index in [4.69, 9.17) is 14.5 Å². The number of hydrogen-bond donors (Lipinski definition) is 2. The Bertz CT molecular complexity index is 1480. The number of ether oxygens (including phenoxy) is 2. The summed E-state index contributed by atoms with van der Waals surface area (Å²) in [7, 11) is 2.08. The van der Waals surface area contributed by atoms with E-state index in [-0.39, 0.29) is 12.0 Å². The van der Waals surface area contributed by atoms with E-state index in [2.05, 4.69) is 47.2 Å². The minimum Gasteiger partial charge on any atom is -0.490 e. The van der Waals surface area contributed by atoms with Gasteiger partial charge in [-0.2, -0.15) is 0 Å². The van der Waals surface area contributed by atoms with E-state index >= 15 is 0 Å². The third kappa shape index (κ3) is 7.66. The third-order valence-corrected chi connectivity index (χ3v) is 7.88. The van der Waals surface area contributed by atoms with Crippen molar-refractivity contribution < 1.29 is 14.3 Å². The first-order valence-electron chi connectivity index (χ1n) is 14.9. The summed E-state index contributed by atoms with van der Waals surface area (Å²) in [5.41, 5.74) is 5.46. The first-order chi connectivity index (χ1) is 20.4. The van der Waals surface area contributed by atoms with Crippen molar-refractivity contribution in [3.8, 4) is 0 Å². The molecule has 5 rings (SSSR count). The lowest BCUT2D eigenvalue weighted by Crippen LogP contribution is -2.47. The summed E-state index contributed by atoms with van der Waals surface area (Å²) in [6.45, 7) is 11.0. The largest absolute Gasteiger partial charge is 0.490 e. The molecule has 2 fully saturated rings. The summed E-state index contributed by atoms with van der Waals surface area (Å²) in [5.74, 6) is 1.36. The zero-order valence-electron chi connectivity index (χ0n) is 25.2. The number of likely N-dealkylation sites (N-methyl/N-ethyl adjacent to an activating group) is 1. The summed E-state index contributed by atoms with van der Waals surface area (Å²) in [6, 6.07) is 9.78. The average Bonchev–Trinajstić information content (AvgIpc) is 3.44. The van der Waals surface area contributed by atoms with Crippen LogP contribution in [0.3, 0.4) is 0 Å². The van der Waals surface area contributed by atoms with Gasteiger partial charge in [-0.25, -0.2) is 9.97 Å². The van der Waals surface area contributed by atoms with Crippen molar-refractivity contribution in [1.82, 2.24) is 24.8 Å². The van der Waals surface area contributed by atoms with E-state index in [9.17, 15) is 4.79 Å². The highest BCUT2D eigenvalue weighted by Gasteiger charge is 2.22. The third-order valence-electron chi connectivity index (χ3n) is 7.88. The van der Waals surface area contributed by atoms with Crippen LogP contribution in [0, 0.1) is 0 Å². The highest BCUT2D eigenvalue weighted by molar-refractivity contribution is 5.98. The quantitative estimate of drug-likeness (QED) is 0.243. The average molecular weight is 571 g/mol. The van der Waals surface area contributed by atoms with Gasteiger partial charge in [-0.05, 0) is 75.4 Å². The number of H-pyrrole nitrogens is 1. The van der Waals surface area contributed by atoms with Crippen LogP contribution < -0.4 is 5.32 Å². The van der Waals surface area contributed by atoms with Crippen LogP contribution >= 0.6 is 0 Å². The molecule has 3 aromatic rings. The number of benzene rings is 1. The molecule has 2 aromatic heterocycles. The fraction of sp³-hybridized carbons (Fsp3) is 0.424. The lowest BCUT2D eigenvalue weighted by molar-refractivity contribution is -0.000612. The molecule has 0 atom stereocenters. The maximum atomic E-state index is 13.0. The summed E-state index contributed by atoms with van der Waals surface area (Å²) in [5, 5.41) is 4.29. The maximum Gasteiger partial charge on any atom is 0.270 e. The summed E-state index contributed by atoms with van der Waals surface area (Å²) in [6.07, 6.45) is 10.9. The molecule has 42 heavy (non-hydrogen) atoms. The van der Waals surface area contributed by atoms with Crippen LogP contribution in [0.5, 0.6) is 0 Å². The number of piperazine rings is 1. The topological polar surface area (TPSA) is 95.6 Å². The number of carbonyl (C=O) groups is 1. The zero-order valence-corrected chi connectivity index (χ0v) is 25.2. The summed E-state index contributed by atoms with van der Waals surface area (Å²) >= 11 is 0. The van der Waals surface area contributed by atoms with Gasteiger partial charge in [0.05, 0.1) is 18.9 Å². The van der Waals surface area contributed by atoms with Crippen molar-refractivity contribution in [3.63, 3.8) is 0 Å². The van der Waals surface area contributed by atoms with Crippen LogP contribution in [0.4, 0.5) is 11.6 Å². The van der Waals surface area contributed by atoms with Crippen LogP contribution in [0.1, 0.15) is 56.2 Å². The Kier molecular flexibility index (Phi) is 9.71. The smallest absolute Gasteiger partial charge is 0.270 e. The number of aromatic nitrogens is 3. The molecular weight excluding hydrogens is 528 g/mol. The van der Waals surface area contributed by atoms with E-state index in [0.29, 0.717) is 11.6 Å². The van der Waals surface area contributed by atoms with E-state index < -0.39 is 0 Å². The minimum absolute atomic E-state index is 0.0432. The second kappa shape index (κ2) is 13.8. The number of allylic oxidation sites excluding steroid dienone is 5. The summed E-state index contributed by atoms with van der Waals surface area (Å²) < 4.78 is 11.9. The number of carbonyl (C=O) groups excluding carboxylic acids is 1. The Balaban J connectivity index is 1.31. The molecule has 0 aliphatic carbocycles. The molecule has 0 spiro atoms. The van der Waals surface area contributed by atoms with Crippen molar-refractivity contribution in [1.29, 1.82) is 0 Å². The molecule has 0 unspecified atom stereocenters. The lowest BCUT2D eigenvalue weighted by atomic mass is 10.1. The second-order valence-electron chi connectivity index (χ2n) is 11.2. The van der Waals surface area contributed by atoms with Gasteiger partial charge in [0, 0.05) is 61.8 Å². The second-order valence-corrected chi connectivity index (χ2v) is 11.2. The van der Waals surface area contributed by atoms with Gasteiger partial charge in [-0.15, -0.1) is 0 Å². The lowest BCUT2D eigenvalue weighted by Gasteiger charge is -2.32. The van der Waals surface area contributed by atoms with Gasteiger partial charge in [0.1, 0.15) is 17.6 Å². The molecule has 2 N–H and O–H groups in total. The molecule has 4 heterocycles. The molecule has 0 radical (unpaired) electrons. The van der Waals surface area contributed by atoms with E-state index in [1.807, 2.05) is 54.3 Å². The fourth-order valence-electron chi connectivity index (χ4n) is 5.01. The molecule has 2 saturated heterocycles. The number of aromatic amines is 1. The van der Waals surface area contributed by atoms with Gasteiger partial charge < -0.3 is 29.6 Å².